The van der Waals surface area contributed by atoms with Crippen LogP contribution in [0.3, 0.4) is 0 Å². The van der Waals surface area contributed by atoms with E-state index in [1.807, 2.05) is 6.92 Å². The van der Waals surface area contributed by atoms with E-state index in [2.05, 4.69) is 9.97 Å². The van der Waals surface area contributed by atoms with E-state index in [-0.39, 0.29) is 0 Å². The minimum atomic E-state index is 0.637. The van der Waals surface area contributed by atoms with Crippen LogP contribution in [-0.2, 0) is 9.88 Å². The van der Waals surface area contributed by atoms with E-state index < -0.39 is 0 Å². The van der Waals surface area contributed by atoms with Gasteiger partial charge < -0.3 is 9.87 Å². The van der Waals surface area contributed by atoms with Gasteiger partial charge in [-0.15, -0.1) is 0 Å². The van der Waals surface area contributed by atoms with Crippen LogP contribution >= 0.6 is 0 Å². The summed E-state index contributed by atoms with van der Waals surface area (Å²) in [7, 11) is 1.75. The second kappa shape index (κ2) is 2.53. The Kier molecular flexibility index (Phi) is 1.51. The molecular weight excluding hydrogens is 158 g/mol. The van der Waals surface area contributed by atoms with Crippen molar-refractivity contribution < 1.29 is 9.88 Å². The molecule has 0 radical (unpaired) electrons. The van der Waals surface area contributed by atoms with Gasteiger partial charge in [0.05, 0.1) is 12.4 Å². The number of imidazole rings is 1. The zero-order chi connectivity index (χ0) is 8.55. The molecule has 0 amide bonds. The third kappa shape index (κ3) is 1.14. The lowest BCUT2D eigenvalue weighted by Gasteiger charge is -1.99. The number of aryl methyl sites for hydroxylation is 1. The van der Waals surface area contributed by atoms with Crippen molar-refractivity contribution >= 4 is 5.76 Å². The Hall–Kier alpha value is -1.49. The highest BCUT2D eigenvalue weighted by atomic mass is 17.3. The van der Waals surface area contributed by atoms with Gasteiger partial charge in [0.25, 0.3) is 0 Å². The van der Waals surface area contributed by atoms with Gasteiger partial charge in [-0.3, -0.25) is 0 Å². The minimum absolute atomic E-state index is 0.637. The molecule has 2 rings (SSSR count). The number of aromatic nitrogens is 2. The van der Waals surface area contributed by atoms with Crippen molar-refractivity contribution in [3.05, 3.63) is 23.9 Å². The van der Waals surface area contributed by atoms with E-state index in [0.717, 1.165) is 11.5 Å². The fourth-order valence-electron chi connectivity index (χ4n) is 0.968. The highest BCUT2D eigenvalue weighted by molar-refractivity contribution is 5.55. The van der Waals surface area contributed by atoms with Gasteiger partial charge in [-0.2, -0.15) is 0 Å². The number of aromatic amines is 1. The molecule has 5 nitrogen and oxygen atoms in total. The van der Waals surface area contributed by atoms with Gasteiger partial charge in [-0.25, -0.2) is 10.0 Å². The molecule has 0 saturated heterocycles. The average molecular weight is 167 g/mol. The molecule has 5 heteroatoms. The monoisotopic (exact) mass is 167 g/mol. The Balaban J connectivity index is 2.26. The smallest absolute Gasteiger partial charge is 0.211 e. The first-order valence-corrected chi connectivity index (χ1v) is 3.57. The molecule has 2 heterocycles. The molecule has 1 aromatic heterocycles. The number of H-pyrrole nitrogens is 1. The first-order chi connectivity index (χ1) is 5.75. The van der Waals surface area contributed by atoms with Gasteiger partial charge in [0.15, 0.2) is 0 Å². The van der Waals surface area contributed by atoms with Crippen molar-refractivity contribution in [3.8, 4) is 0 Å². The quantitative estimate of drug-likeness (QED) is 0.629. The van der Waals surface area contributed by atoms with Crippen LogP contribution in [0.1, 0.15) is 11.5 Å². The topological polar surface area (TPSA) is 50.4 Å². The van der Waals surface area contributed by atoms with Crippen LogP contribution in [0, 0.1) is 6.92 Å². The van der Waals surface area contributed by atoms with Crippen LogP contribution in [0.15, 0.2) is 12.4 Å². The highest BCUT2D eigenvalue weighted by Gasteiger charge is 2.15. The molecule has 0 aliphatic carbocycles. The van der Waals surface area contributed by atoms with Crippen LogP contribution in [0.2, 0.25) is 0 Å². The van der Waals surface area contributed by atoms with Crippen molar-refractivity contribution in [2.24, 2.45) is 0 Å². The molecule has 0 fully saturated rings. The fraction of sp³-hybridized carbons (Fsp3) is 0.286. The second-order valence-electron chi connectivity index (χ2n) is 2.58. The summed E-state index contributed by atoms with van der Waals surface area (Å²) < 4.78 is 0. The SMILES string of the molecule is Cc1ncc(C2=CN(C)OO2)[nH]1. The van der Waals surface area contributed by atoms with Crippen molar-refractivity contribution in [3.63, 3.8) is 0 Å². The van der Waals surface area contributed by atoms with Gasteiger partial charge in [0.2, 0.25) is 5.76 Å². The van der Waals surface area contributed by atoms with E-state index in [1.54, 1.807) is 19.4 Å². The minimum Gasteiger partial charge on any atom is -0.340 e. The molecular formula is C7H9N3O2. The Labute approximate surface area is 69.5 Å². The summed E-state index contributed by atoms with van der Waals surface area (Å²) in [4.78, 5) is 16.7. The van der Waals surface area contributed by atoms with Crippen molar-refractivity contribution in [1.29, 1.82) is 0 Å². The van der Waals surface area contributed by atoms with Crippen molar-refractivity contribution in [1.82, 2.24) is 15.0 Å². The largest absolute Gasteiger partial charge is 0.340 e. The van der Waals surface area contributed by atoms with Crippen LogP contribution in [-0.4, -0.2) is 22.1 Å². The van der Waals surface area contributed by atoms with Crippen LogP contribution in [0.5, 0.6) is 0 Å². The summed E-state index contributed by atoms with van der Waals surface area (Å²) in [6, 6.07) is 0. The van der Waals surface area contributed by atoms with Gasteiger partial charge in [0.1, 0.15) is 11.5 Å². The van der Waals surface area contributed by atoms with Crippen LogP contribution in [0.4, 0.5) is 0 Å². The second-order valence-corrected chi connectivity index (χ2v) is 2.58. The molecule has 12 heavy (non-hydrogen) atoms. The van der Waals surface area contributed by atoms with Crippen molar-refractivity contribution in [2.45, 2.75) is 6.92 Å². The van der Waals surface area contributed by atoms with E-state index >= 15 is 0 Å². The molecule has 1 aromatic rings. The summed E-state index contributed by atoms with van der Waals surface area (Å²) >= 11 is 0. The summed E-state index contributed by atoms with van der Waals surface area (Å²) in [6.07, 6.45) is 3.43. The fourth-order valence-corrected chi connectivity index (χ4v) is 0.968. The third-order valence-corrected chi connectivity index (χ3v) is 1.51. The molecule has 0 bridgehead atoms. The first-order valence-electron chi connectivity index (χ1n) is 3.57. The van der Waals surface area contributed by atoms with E-state index in [0.29, 0.717) is 5.76 Å². The van der Waals surface area contributed by atoms with E-state index in [4.69, 9.17) is 9.88 Å². The van der Waals surface area contributed by atoms with E-state index in [1.165, 1.54) is 5.06 Å². The van der Waals surface area contributed by atoms with Gasteiger partial charge in [-0.1, -0.05) is 4.99 Å². The molecule has 64 valence electrons. The lowest BCUT2D eigenvalue weighted by Crippen LogP contribution is -2.02. The Morgan fingerprint density at radius 2 is 2.42 bits per heavy atom. The van der Waals surface area contributed by atoms with Crippen molar-refractivity contribution in [2.75, 3.05) is 7.05 Å². The zero-order valence-electron chi connectivity index (χ0n) is 6.87. The van der Waals surface area contributed by atoms with Gasteiger partial charge in [0, 0.05) is 7.05 Å². The molecule has 1 aliphatic rings. The number of rotatable bonds is 1. The summed E-state index contributed by atoms with van der Waals surface area (Å²) in [5.74, 6) is 1.49. The standard InChI is InChI=1S/C7H9N3O2/c1-5-8-3-6(9-5)7-4-10(2)12-11-7/h3-4H,1-2H3,(H,8,9). The number of hydrogen-bond donors (Lipinski definition) is 1. The number of hydroxylamine groups is 2. The number of hydrogen-bond acceptors (Lipinski definition) is 4. The van der Waals surface area contributed by atoms with Crippen LogP contribution < -0.4 is 0 Å². The predicted molar refractivity (Wildman–Crippen MR) is 41.2 cm³/mol. The molecule has 1 N–H and O–H groups in total. The highest BCUT2D eigenvalue weighted by Crippen LogP contribution is 2.20. The Bertz CT molecular complexity index is 318. The van der Waals surface area contributed by atoms with Crippen LogP contribution in [0.25, 0.3) is 5.76 Å². The number of nitrogens with one attached hydrogen (secondary N) is 1. The summed E-state index contributed by atoms with van der Waals surface area (Å²) in [5, 5.41) is 1.48. The molecule has 0 aromatic carbocycles. The molecule has 1 aliphatic heterocycles. The first kappa shape index (κ1) is 7.17. The molecule has 0 unspecified atom stereocenters. The maximum Gasteiger partial charge on any atom is 0.211 e. The van der Waals surface area contributed by atoms with Gasteiger partial charge in [-0.05, 0) is 6.92 Å². The normalized spacial score (nSPS) is 16.2. The summed E-state index contributed by atoms with van der Waals surface area (Å²) in [5.41, 5.74) is 0.817. The maximum atomic E-state index is 4.88. The number of nitrogens with zero attached hydrogens (tertiary/aromatic N) is 2. The third-order valence-electron chi connectivity index (χ3n) is 1.51. The molecule has 0 atom stereocenters. The lowest BCUT2D eigenvalue weighted by atomic mass is 10.4. The Morgan fingerprint density at radius 3 is 2.92 bits per heavy atom. The molecule has 0 spiro atoms. The maximum absolute atomic E-state index is 4.88. The van der Waals surface area contributed by atoms with E-state index in [9.17, 15) is 0 Å². The Morgan fingerprint density at radius 1 is 1.58 bits per heavy atom. The predicted octanol–water partition coefficient (Wildman–Crippen LogP) is 0.825. The summed E-state index contributed by atoms with van der Waals surface area (Å²) in [6.45, 7) is 1.88. The zero-order valence-corrected chi connectivity index (χ0v) is 6.87. The lowest BCUT2D eigenvalue weighted by molar-refractivity contribution is -0.340. The average Bonchev–Trinajstić information content (AvgIpc) is 2.58. The van der Waals surface area contributed by atoms with Gasteiger partial charge >= 0.3 is 0 Å². The molecule has 0 saturated carbocycles.